The number of nitrogens with zero attached hydrogens (tertiary/aromatic N) is 1. The zero-order valence-electron chi connectivity index (χ0n) is 10.5. The Bertz CT molecular complexity index is 585. The molecule has 0 unspecified atom stereocenters. The molecule has 3 rings (SSSR count). The fourth-order valence-electron chi connectivity index (χ4n) is 2.14. The van der Waals surface area contributed by atoms with E-state index in [1.807, 2.05) is 7.05 Å². The van der Waals surface area contributed by atoms with Crippen LogP contribution in [0, 0.1) is 11.6 Å². The minimum Gasteiger partial charge on any atom is -0.315 e. The monoisotopic (exact) mass is 280 g/mol. The standard InChI is InChI=1S/C14H14F2N2S/c1-17-7-11-13(8-5-6-8)18-14(19-11)12-9(15)3-2-4-10(12)16/h2-4,8,17H,5-7H2,1H3. The summed E-state index contributed by atoms with van der Waals surface area (Å²) in [6.45, 7) is 0.694. The fraction of sp³-hybridized carbons (Fsp3) is 0.357. The lowest BCUT2D eigenvalue weighted by molar-refractivity contribution is 0.589. The lowest BCUT2D eigenvalue weighted by Crippen LogP contribution is -2.05. The van der Waals surface area contributed by atoms with E-state index >= 15 is 0 Å². The Labute approximate surface area is 114 Å². The Balaban J connectivity index is 2.07. The molecule has 0 saturated heterocycles. The Morgan fingerprint density at radius 2 is 2.00 bits per heavy atom. The molecule has 1 aromatic heterocycles. The Morgan fingerprint density at radius 3 is 2.58 bits per heavy atom. The number of rotatable bonds is 4. The summed E-state index contributed by atoms with van der Waals surface area (Å²) >= 11 is 1.38. The molecule has 0 aliphatic heterocycles. The SMILES string of the molecule is CNCc1sc(-c2c(F)cccc2F)nc1C1CC1. The second-order valence-electron chi connectivity index (χ2n) is 4.73. The van der Waals surface area contributed by atoms with Crippen LogP contribution in [0.5, 0.6) is 0 Å². The van der Waals surface area contributed by atoms with Crippen LogP contribution in [0.25, 0.3) is 10.6 Å². The van der Waals surface area contributed by atoms with Gasteiger partial charge in [-0.3, -0.25) is 0 Å². The summed E-state index contributed by atoms with van der Waals surface area (Å²) in [5.74, 6) is -0.623. The minimum atomic E-state index is -0.549. The first-order chi connectivity index (χ1) is 9.20. The lowest BCUT2D eigenvalue weighted by atomic mass is 10.2. The van der Waals surface area contributed by atoms with Crippen molar-refractivity contribution in [2.45, 2.75) is 25.3 Å². The molecular weight excluding hydrogens is 266 g/mol. The van der Waals surface area contributed by atoms with Gasteiger partial charge in [-0.25, -0.2) is 13.8 Å². The van der Waals surface area contributed by atoms with E-state index in [0.717, 1.165) is 23.4 Å². The zero-order chi connectivity index (χ0) is 13.4. The quantitative estimate of drug-likeness (QED) is 0.924. The average molecular weight is 280 g/mol. The van der Waals surface area contributed by atoms with Gasteiger partial charge in [0.05, 0.1) is 11.3 Å². The highest BCUT2D eigenvalue weighted by atomic mass is 32.1. The van der Waals surface area contributed by atoms with E-state index in [9.17, 15) is 8.78 Å². The van der Waals surface area contributed by atoms with Gasteiger partial charge in [-0.15, -0.1) is 11.3 Å². The van der Waals surface area contributed by atoms with Gasteiger partial charge in [-0.1, -0.05) is 6.07 Å². The van der Waals surface area contributed by atoms with Crippen molar-refractivity contribution in [1.82, 2.24) is 10.3 Å². The van der Waals surface area contributed by atoms with Gasteiger partial charge in [0.25, 0.3) is 0 Å². The molecule has 1 aliphatic carbocycles. The van der Waals surface area contributed by atoms with Crippen molar-refractivity contribution in [3.8, 4) is 10.6 Å². The van der Waals surface area contributed by atoms with Crippen molar-refractivity contribution in [3.05, 3.63) is 40.4 Å². The van der Waals surface area contributed by atoms with Gasteiger partial charge in [0.2, 0.25) is 0 Å². The number of benzene rings is 1. The maximum absolute atomic E-state index is 13.8. The van der Waals surface area contributed by atoms with Crippen LogP contribution < -0.4 is 5.32 Å². The molecule has 0 spiro atoms. The normalized spacial score (nSPS) is 14.9. The number of hydrogen-bond acceptors (Lipinski definition) is 3. The molecule has 2 aromatic rings. The molecular formula is C14H14F2N2S. The first kappa shape index (κ1) is 12.7. The van der Waals surface area contributed by atoms with E-state index in [1.54, 1.807) is 0 Å². The number of aromatic nitrogens is 1. The van der Waals surface area contributed by atoms with Crippen LogP contribution in [-0.2, 0) is 6.54 Å². The molecule has 1 N–H and O–H groups in total. The third-order valence-corrected chi connectivity index (χ3v) is 4.29. The molecule has 19 heavy (non-hydrogen) atoms. The molecule has 1 heterocycles. The van der Waals surface area contributed by atoms with Gasteiger partial charge in [0.15, 0.2) is 0 Å². The molecule has 5 heteroatoms. The summed E-state index contributed by atoms with van der Waals surface area (Å²) in [5, 5.41) is 3.53. The first-order valence-electron chi connectivity index (χ1n) is 6.29. The number of nitrogens with one attached hydrogen (secondary N) is 1. The van der Waals surface area contributed by atoms with Crippen LogP contribution in [0.15, 0.2) is 18.2 Å². The van der Waals surface area contributed by atoms with E-state index in [0.29, 0.717) is 17.5 Å². The van der Waals surface area contributed by atoms with Gasteiger partial charge in [-0.2, -0.15) is 0 Å². The predicted octanol–water partition coefficient (Wildman–Crippen LogP) is 3.69. The van der Waals surface area contributed by atoms with Crippen molar-refractivity contribution < 1.29 is 8.78 Å². The minimum absolute atomic E-state index is 0.00301. The van der Waals surface area contributed by atoms with Crippen LogP contribution in [0.4, 0.5) is 8.78 Å². The summed E-state index contributed by atoms with van der Waals surface area (Å²) in [4.78, 5) is 5.57. The number of hydrogen-bond donors (Lipinski definition) is 1. The average Bonchev–Trinajstić information content (AvgIpc) is 3.13. The van der Waals surface area contributed by atoms with Crippen LogP contribution in [-0.4, -0.2) is 12.0 Å². The summed E-state index contributed by atoms with van der Waals surface area (Å²) in [6, 6.07) is 3.92. The molecule has 100 valence electrons. The van der Waals surface area contributed by atoms with Crippen molar-refractivity contribution in [2.75, 3.05) is 7.05 Å². The zero-order valence-corrected chi connectivity index (χ0v) is 11.4. The van der Waals surface area contributed by atoms with E-state index in [4.69, 9.17) is 0 Å². The number of halogens is 2. The molecule has 1 saturated carbocycles. The second kappa shape index (κ2) is 4.98. The van der Waals surface area contributed by atoms with Crippen LogP contribution in [0.2, 0.25) is 0 Å². The molecule has 2 nitrogen and oxygen atoms in total. The van der Waals surface area contributed by atoms with Crippen molar-refractivity contribution in [1.29, 1.82) is 0 Å². The van der Waals surface area contributed by atoms with E-state index in [-0.39, 0.29) is 5.56 Å². The highest BCUT2D eigenvalue weighted by molar-refractivity contribution is 7.15. The molecule has 1 aliphatic rings. The van der Waals surface area contributed by atoms with Crippen LogP contribution in [0.1, 0.15) is 29.3 Å². The molecule has 1 aromatic carbocycles. The summed E-state index contributed by atoms with van der Waals surface area (Å²) in [5.41, 5.74) is 1.01. The highest BCUT2D eigenvalue weighted by Gasteiger charge is 2.30. The molecule has 0 radical (unpaired) electrons. The van der Waals surface area contributed by atoms with Gasteiger partial charge in [-0.05, 0) is 32.0 Å². The summed E-state index contributed by atoms with van der Waals surface area (Å²) in [6.07, 6.45) is 2.25. The number of thiazole rings is 1. The fourth-order valence-corrected chi connectivity index (χ4v) is 3.34. The van der Waals surface area contributed by atoms with Gasteiger partial charge in [0.1, 0.15) is 16.6 Å². The lowest BCUT2D eigenvalue weighted by Gasteiger charge is -1.99. The van der Waals surface area contributed by atoms with Gasteiger partial charge in [0, 0.05) is 17.3 Å². The van der Waals surface area contributed by atoms with Crippen molar-refractivity contribution in [2.24, 2.45) is 0 Å². The maximum atomic E-state index is 13.8. The summed E-state index contributed by atoms with van der Waals surface area (Å²) < 4.78 is 27.6. The topological polar surface area (TPSA) is 24.9 Å². The molecule has 0 bridgehead atoms. The van der Waals surface area contributed by atoms with Crippen molar-refractivity contribution in [3.63, 3.8) is 0 Å². The van der Waals surface area contributed by atoms with Crippen LogP contribution >= 0.6 is 11.3 Å². The third-order valence-electron chi connectivity index (χ3n) is 3.21. The Kier molecular flexibility index (Phi) is 3.33. The third kappa shape index (κ3) is 2.40. The van der Waals surface area contributed by atoms with Gasteiger partial charge < -0.3 is 5.32 Å². The van der Waals surface area contributed by atoms with Gasteiger partial charge >= 0.3 is 0 Å². The largest absolute Gasteiger partial charge is 0.315 e. The molecule has 0 atom stereocenters. The smallest absolute Gasteiger partial charge is 0.136 e. The maximum Gasteiger partial charge on any atom is 0.136 e. The van der Waals surface area contributed by atoms with E-state index < -0.39 is 11.6 Å². The molecule has 0 amide bonds. The Morgan fingerprint density at radius 1 is 1.32 bits per heavy atom. The highest BCUT2D eigenvalue weighted by Crippen LogP contribution is 2.44. The first-order valence-corrected chi connectivity index (χ1v) is 7.11. The Hall–Kier alpha value is -1.33. The molecule has 1 fully saturated rings. The second-order valence-corrected chi connectivity index (χ2v) is 5.81. The van der Waals surface area contributed by atoms with Crippen molar-refractivity contribution >= 4 is 11.3 Å². The summed E-state index contributed by atoms with van der Waals surface area (Å²) in [7, 11) is 1.86. The van der Waals surface area contributed by atoms with E-state index in [2.05, 4.69) is 10.3 Å². The van der Waals surface area contributed by atoms with E-state index in [1.165, 1.54) is 29.5 Å². The van der Waals surface area contributed by atoms with Crippen LogP contribution in [0.3, 0.4) is 0 Å². The predicted molar refractivity (Wildman–Crippen MR) is 72.2 cm³/mol.